The van der Waals surface area contributed by atoms with Crippen LogP contribution < -0.4 is 0 Å². The second-order valence-electron chi connectivity index (χ2n) is 2.79. The van der Waals surface area contributed by atoms with Crippen LogP contribution in [0.2, 0.25) is 0 Å². The molecule has 0 bridgehead atoms. The maximum Gasteiger partial charge on any atom is 0.178 e. The number of hydrogen-bond acceptors (Lipinski definition) is 1. The van der Waals surface area contributed by atoms with Crippen LogP contribution in [0.15, 0.2) is 6.07 Å². The van der Waals surface area contributed by atoms with E-state index in [0.29, 0.717) is 6.42 Å². The zero-order valence-corrected chi connectivity index (χ0v) is 7.19. The zero-order chi connectivity index (χ0) is 8.43. The minimum atomic E-state index is 0.190. The first-order chi connectivity index (χ1) is 5.15. The van der Waals surface area contributed by atoms with Gasteiger partial charge < -0.3 is 4.98 Å². The Morgan fingerprint density at radius 1 is 1.55 bits per heavy atom. The van der Waals surface area contributed by atoms with Crippen molar-refractivity contribution >= 4 is 5.78 Å². The molecule has 0 amide bonds. The summed E-state index contributed by atoms with van der Waals surface area (Å²) in [6.07, 6.45) is 0.570. The van der Waals surface area contributed by atoms with Gasteiger partial charge in [0.25, 0.3) is 0 Å². The molecule has 0 saturated carbocycles. The first-order valence-corrected chi connectivity index (χ1v) is 3.84. The van der Waals surface area contributed by atoms with Gasteiger partial charge in [0, 0.05) is 12.1 Å². The van der Waals surface area contributed by atoms with E-state index in [4.69, 9.17) is 0 Å². The lowest BCUT2D eigenvalue weighted by Gasteiger charge is -1.93. The first-order valence-electron chi connectivity index (χ1n) is 3.84. The van der Waals surface area contributed by atoms with Gasteiger partial charge in [0.15, 0.2) is 5.78 Å². The van der Waals surface area contributed by atoms with Crippen LogP contribution in [0.5, 0.6) is 0 Å². The van der Waals surface area contributed by atoms with Crippen LogP contribution in [0, 0.1) is 13.8 Å². The highest BCUT2D eigenvalue weighted by molar-refractivity contribution is 5.95. The highest BCUT2D eigenvalue weighted by atomic mass is 16.1. The number of hydrogen-bond donors (Lipinski definition) is 1. The molecule has 1 rings (SSSR count). The Morgan fingerprint density at radius 3 is 2.55 bits per heavy atom. The average molecular weight is 151 g/mol. The van der Waals surface area contributed by atoms with Crippen LogP contribution >= 0.6 is 0 Å². The summed E-state index contributed by atoms with van der Waals surface area (Å²) >= 11 is 0. The summed E-state index contributed by atoms with van der Waals surface area (Å²) in [5.74, 6) is 0.190. The van der Waals surface area contributed by atoms with E-state index in [1.54, 1.807) is 0 Å². The fourth-order valence-corrected chi connectivity index (χ4v) is 1.20. The van der Waals surface area contributed by atoms with E-state index in [2.05, 4.69) is 4.98 Å². The van der Waals surface area contributed by atoms with E-state index in [9.17, 15) is 4.79 Å². The van der Waals surface area contributed by atoms with E-state index < -0.39 is 0 Å². The summed E-state index contributed by atoms with van der Waals surface area (Å²) < 4.78 is 0. The predicted molar refractivity (Wildman–Crippen MR) is 44.9 cm³/mol. The van der Waals surface area contributed by atoms with Crippen molar-refractivity contribution in [2.75, 3.05) is 0 Å². The Labute approximate surface area is 66.6 Å². The summed E-state index contributed by atoms with van der Waals surface area (Å²) in [6, 6.07) is 1.99. The molecule has 0 fully saturated rings. The fourth-order valence-electron chi connectivity index (χ4n) is 1.20. The van der Waals surface area contributed by atoms with E-state index in [1.165, 1.54) is 0 Å². The number of aromatic nitrogens is 1. The number of aryl methyl sites for hydroxylation is 2. The van der Waals surface area contributed by atoms with E-state index in [-0.39, 0.29) is 5.78 Å². The molecule has 11 heavy (non-hydrogen) atoms. The van der Waals surface area contributed by atoms with Gasteiger partial charge in [-0.3, -0.25) is 4.79 Å². The fraction of sp³-hybridized carbons (Fsp3) is 0.444. The van der Waals surface area contributed by atoms with E-state index >= 15 is 0 Å². The maximum absolute atomic E-state index is 11.2. The topological polar surface area (TPSA) is 32.9 Å². The van der Waals surface area contributed by atoms with E-state index in [0.717, 1.165) is 17.0 Å². The Kier molecular flexibility index (Phi) is 2.13. The largest absolute Gasteiger partial charge is 0.356 e. The third-order valence-corrected chi connectivity index (χ3v) is 1.75. The lowest BCUT2D eigenvalue weighted by molar-refractivity contribution is 0.0983. The highest BCUT2D eigenvalue weighted by Crippen LogP contribution is 2.10. The third-order valence-electron chi connectivity index (χ3n) is 1.75. The molecule has 1 N–H and O–H groups in total. The summed E-state index contributed by atoms with van der Waals surface area (Å²) in [5.41, 5.74) is 2.87. The molecule has 0 saturated heterocycles. The van der Waals surface area contributed by atoms with Crippen LogP contribution in [0.25, 0.3) is 0 Å². The Balaban J connectivity index is 3.03. The normalized spacial score (nSPS) is 10.1. The van der Waals surface area contributed by atoms with Crippen molar-refractivity contribution in [2.24, 2.45) is 0 Å². The van der Waals surface area contributed by atoms with Gasteiger partial charge in [-0.25, -0.2) is 0 Å². The SMILES string of the molecule is CCC(=O)c1[nH]c(C)cc1C. The number of rotatable bonds is 2. The predicted octanol–water partition coefficient (Wildman–Crippen LogP) is 2.22. The van der Waals surface area contributed by atoms with Crippen LogP contribution in [0.4, 0.5) is 0 Å². The van der Waals surface area contributed by atoms with Gasteiger partial charge in [0.2, 0.25) is 0 Å². The number of nitrogens with one attached hydrogen (secondary N) is 1. The molecule has 0 unspecified atom stereocenters. The van der Waals surface area contributed by atoms with Gasteiger partial charge in [-0.05, 0) is 25.5 Å². The average Bonchev–Trinajstić information content (AvgIpc) is 2.28. The highest BCUT2D eigenvalue weighted by Gasteiger charge is 2.08. The molecule has 0 atom stereocenters. The van der Waals surface area contributed by atoms with Gasteiger partial charge >= 0.3 is 0 Å². The van der Waals surface area contributed by atoms with Crippen molar-refractivity contribution in [3.63, 3.8) is 0 Å². The second-order valence-corrected chi connectivity index (χ2v) is 2.79. The van der Waals surface area contributed by atoms with Gasteiger partial charge in [-0.2, -0.15) is 0 Å². The summed E-state index contributed by atoms with van der Waals surface area (Å²) in [6.45, 7) is 5.78. The summed E-state index contributed by atoms with van der Waals surface area (Å²) in [4.78, 5) is 14.3. The summed E-state index contributed by atoms with van der Waals surface area (Å²) in [5, 5.41) is 0. The molecule has 1 aromatic rings. The molecule has 60 valence electrons. The Morgan fingerprint density at radius 2 is 2.18 bits per heavy atom. The molecular formula is C9H13NO. The monoisotopic (exact) mass is 151 g/mol. The van der Waals surface area contributed by atoms with Gasteiger partial charge in [0.05, 0.1) is 5.69 Å². The van der Waals surface area contributed by atoms with Crippen LogP contribution in [-0.2, 0) is 0 Å². The smallest absolute Gasteiger partial charge is 0.178 e. The van der Waals surface area contributed by atoms with Crippen molar-refractivity contribution in [3.8, 4) is 0 Å². The maximum atomic E-state index is 11.2. The Hall–Kier alpha value is -1.05. The number of Topliss-reactive ketones (excluding diaryl/α,β-unsaturated/α-hetero) is 1. The van der Waals surface area contributed by atoms with Gasteiger partial charge in [0.1, 0.15) is 0 Å². The number of ketones is 1. The lowest BCUT2D eigenvalue weighted by Crippen LogP contribution is -1.98. The van der Waals surface area contributed by atoms with E-state index in [1.807, 2.05) is 26.8 Å². The molecular weight excluding hydrogens is 138 g/mol. The Bertz CT molecular complexity index is 273. The van der Waals surface area contributed by atoms with Gasteiger partial charge in [-0.15, -0.1) is 0 Å². The first kappa shape index (κ1) is 8.05. The quantitative estimate of drug-likeness (QED) is 0.646. The number of H-pyrrole nitrogens is 1. The van der Waals surface area contributed by atoms with Crippen LogP contribution in [0.3, 0.4) is 0 Å². The second kappa shape index (κ2) is 2.91. The molecule has 0 aliphatic rings. The van der Waals surface area contributed by atoms with Gasteiger partial charge in [-0.1, -0.05) is 6.92 Å². The van der Waals surface area contributed by atoms with Crippen molar-refractivity contribution in [1.82, 2.24) is 4.98 Å². The number of carbonyl (C=O) groups is 1. The lowest BCUT2D eigenvalue weighted by atomic mass is 10.1. The number of carbonyl (C=O) groups excluding carboxylic acids is 1. The van der Waals surface area contributed by atoms with Crippen LogP contribution in [-0.4, -0.2) is 10.8 Å². The van der Waals surface area contributed by atoms with Crippen molar-refractivity contribution in [3.05, 3.63) is 23.0 Å². The molecule has 0 spiro atoms. The third kappa shape index (κ3) is 1.50. The standard InChI is InChI=1S/C9H13NO/c1-4-8(11)9-6(2)5-7(3)10-9/h5,10H,4H2,1-3H3. The molecule has 2 heteroatoms. The minimum Gasteiger partial charge on any atom is -0.356 e. The van der Waals surface area contributed by atoms with Crippen molar-refractivity contribution in [2.45, 2.75) is 27.2 Å². The molecule has 0 aliphatic heterocycles. The minimum absolute atomic E-state index is 0.190. The molecule has 0 radical (unpaired) electrons. The van der Waals surface area contributed by atoms with Crippen molar-refractivity contribution < 1.29 is 4.79 Å². The van der Waals surface area contributed by atoms with Crippen molar-refractivity contribution in [1.29, 1.82) is 0 Å². The molecule has 1 aromatic heterocycles. The molecule has 1 heterocycles. The molecule has 0 aromatic carbocycles. The van der Waals surface area contributed by atoms with Crippen LogP contribution in [0.1, 0.15) is 35.1 Å². The molecule has 0 aliphatic carbocycles. The summed E-state index contributed by atoms with van der Waals surface area (Å²) in [7, 11) is 0. The number of aromatic amines is 1. The molecule has 2 nitrogen and oxygen atoms in total. The zero-order valence-electron chi connectivity index (χ0n) is 7.19.